The van der Waals surface area contributed by atoms with Gasteiger partial charge in [-0.15, -0.1) is 11.3 Å². The van der Waals surface area contributed by atoms with Crippen LogP contribution in [0.3, 0.4) is 0 Å². The molecule has 1 unspecified atom stereocenters. The Kier molecular flexibility index (Phi) is 4.28. The van der Waals surface area contributed by atoms with E-state index in [2.05, 4.69) is 21.2 Å². The summed E-state index contributed by atoms with van der Waals surface area (Å²) >= 11 is 4.78. The molecule has 6 heteroatoms. The van der Waals surface area contributed by atoms with Crippen LogP contribution in [0.1, 0.15) is 11.8 Å². The smallest absolute Gasteiger partial charge is 0.326 e. The molecule has 0 bridgehead atoms. The predicted octanol–water partition coefficient (Wildman–Crippen LogP) is 1.64. The van der Waals surface area contributed by atoms with Crippen LogP contribution in [0.25, 0.3) is 0 Å². The van der Waals surface area contributed by atoms with Crippen molar-refractivity contribution in [2.45, 2.75) is 19.4 Å². The molecule has 0 aliphatic rings. The highest BCUT2D eigenvalue weighted by Crippen LogP contribution is 2.23. The number of aliphatic carboxylic acids is 1. The maximum Gasteiger partial charge on any atom is 0.326 e. The molecular formula is C9H10BrNO3S. The van der Waals surface area contributed by atoms with Crippen LogP contribution in [0.15, 0.2) is 15.9 Å². The fraction of sp³-hybridized carbons (Fsp3) is 0.333. The molecule has 1 aromatic heterocycles. The Morgan fingerprint density at radius 2 is 2.33 bits per heavy atom. The van der Waals surface area contributed by atoms with Crippen LogP contribution in [0.4, 0.5) is 0 Å². The molecule has 1 atom stereocenters. The maximum absolute atomic E-state index is 10.8. The largest absolute Gasteiger partial charge is 0.480 e. The standard InChI is InChI=1S/C9H10BrNO3S/c1-5(12)11-7(9(13)14)4-8-6(10)2-3-15-8/h2-3,7H,4H2,1H3,(H,11,12)(H,13,14). The van der Waals surface area contributed by atoms with E-state index >= 15 is 0 Å². The maximum atomic E-state index is 10.8. The number of halogens is 1. The third-order valence-corrected chi connectivity index (χ3v) is 3.70. The van der Waals surface area contributed by atoms with Crippen LogP contribution in [0.5, 0.6) is 0 Å². The Morgan fingerprint density at radius 3 is 2.73 bits per heavy atom. The predicted molar refractivity (Wildman–Crippen MR) is 61.0 cm³/mol. The molecule has 0 fully saturated rings. The van der Waals surface area contributed by atoms with Gasteiger partial charge in [0.15, 0.2) is 0 Å². The van der Waals surface area contributed by atoms with Gasteiger partial charge in [-0.25, -0.2) is 4.79 Å². The normalized spacial score (nSPS) is 12.1. The quantitative estimate of drug-likeness (QED) is 0.886. The molecule has 0 aliphatic heterocycles. The zero-order chi connectivity index (χ0) is 11.4. The fourth-order valence-corrected chi connectivity index (χ4v) is 2.66. The number of amides is 1. The average Bonchev–Trinajstić information content (AvgIpc) is 2.50. The van der Waals surface area contributed by atoms with Crippen molar-refractivity contribution in [3.8, 4) is 0 Å². The van der Waals surface area contributed by atoms with Crippen molar-refractivity contribution in [2.75, 3.05) is 0 Å². The van der Waals surface area contributed by atoms with Gasteiger partial charge in [0, 0.05) is 22.7 Å². The number of carbonyl (C=O) groups excluding carboxylic acids is 1. The van der Waals surface area contributed by atoms with E-state index in [1.807, 2.05) is 11.4 Å². The van der Waals surface area contributed by atoms with Crippen molar-refractivity contribution >= 4 is 39.1 Å². The summed E-state index contributed by atoms with van der Waals surface area (Å²) < 4.78 is 0.879. The van der Waals surface area contributed by atoms with Crippen LogP contribution < -0.4 is 5.32 Å². The zero-order valence-corrected chi connectivity index (χ0v) is 10.4. The molecule has 0 saturated carbocycles. The summed E-state index contributed by atoms with van der Waals surface area (Å²) in [5.74, 6) is -1.36. The van der Waals surface area contributed by atoms with Crippen molar-refractivity contribution in [3.63, 3.8) is 0 Å². The molecule has 0 aromatic carbocycles. The minimum absolute atomic E-state index is 0.299. The Bertz CT molecular complexity index is 377. The van der Waals surface area contributed by atoms with Gasteiger partial charge in [-0.1, -0.05) is 0 Å². The minimum Gasteiger partial charge on any atom is -0.480 e. The number of hydrogen-bond acceptors (Lipinski definition) is 3. The summed E-state index contributed by atoms with van der Waals surface area (Å²) in [6.45, 7) is 1.30. The van der Waals surface area contributed by atoms with E-state index in [1.165, 1.54) is 18.3 Å². The number of thiophene rings is 1. The average molecular weight is 292 g/mol. The van der Waals surface area contributed by atoms with Gasteiger partial charge < -0.3 is 10.4 Å². The third-order valence-electron chi connectivity index (χ3n) is 1.76. The minimum atomic E-state index is -1.02. The third kappa shape index (κ3) is 3.64. The first-order valence-corrected chi connectivity index (χ1v) is 5.89. The lowest BCUT2D eigenvalue weighted by Crippen LogP contribution is -2.41. The Hall–Kier alpha value is -0.880. The first kappa shape index (κ1) is 12.2. The number of carboxylic acids is 1. The Balaban J connectivity index is 2.71. The SMILES string of the molecule is CC(=O)NC(Cc1sccc1Br)C(=O)O. The second-order valence-corrected chi connectivity index (χ2v) is 4.84. The summed E-state index contributed by atoms with van der Waals surface area (Å²) in [6.07, 6.45) is 0.299. The van der Waals surface area contributed by atoms with Crippen molar-refractivity contribution in [1.82, 2.24) is 5.32 Å². The highest BCUT2D eigenvalue weighted by molar-refractivity contribution is 9.10. The van der Waals surface area contributed by atoms with Crippen molar-refractivity contribution in [2.24, 2.45) is 0 Å². The van der Waals surface area contributed by atoms with E-state index in [0.717, 1.165) is 9.35 Å². The Morgan fingerprint density at radius 1 is 1.67 bits per heavy atom. The van der Waals surface area contributed by atoms with Crippen LogP contribution in [0.2, 0.25) is 0 Å². The molecule has 15 heavy (non-hydrogen) atoms. The monoisotopic (exact) mass is 291 g/mol. The number of hydrogen-bond donors (Lipinski definition) is 2. The van der Waals surface area contributed by atoms with Gasteiger partial charge in [0.1, 0.15) is 6.04 Å². The van der Waals surface area contributed by atoms with Crippen LogP contribution in [-0.2, 0) is 16.0 Å². The number of rotatable bonds is 4. The van der Waals surface area contributed by atoms with Gasteiger partial charge >= 0.3 is 5.97 Å². The Labute approximate surface area is 99.4 Å². The van der Waals surface area contributed by atoms with Crippen molar-refractivity contribution in [1.29, 1.82) is 0 Å². The first-order valence-electron chi connectivity index (χ1n) is 4.22. The van der Waals surface area contributed by atoms with Gasteiger partial charge in [0.25, 0.3) is 0 Å². The molecule has 1 aromatic rings. The summed E-state index contributed by atoms with van der Waals surface area (Å²) in [4.78, 5) is 22.5. The van der Waals surface area contributed by atoms with E-state index < -0.39 is 12.0 Å². The van der Waals surface area contributed by atoms with Gasteiger partial charge in [-0.2, -0.15) is 0 Å². The second kappa shape index (κ2) is 5.27. The summed E-state index contributed by atoms with van der Waals surface area (Å²) in [5.41, 5.74) is 0. The number of carboxylic acid groups (broad SMARTS) is 1. The van der Waals surface area contributed by atoms with Gasteiger partial charge in [0.2, 0.25) is 5.91 Å². The topological polar surface area (TPSA) is 66.4 Å². The lowest BCUT2D eigenvalue weighted by molar-refractivity contribution is -0.141. The molecule has 0 saturated heterocycles. The molecule has 1 amide bonds. The van der Waals surface area contributed by atoms with Gasteiger partial charge in [0.05, 0.1) is 0 Å². The van der Waals surface area contributed by atoms with Crippen molar-refractivity contribution < 1.29 is 14.7 Å². The summed E-state index contributed by atoms with van der Waals surface area (Å²) in [5, 5.41) is 13.1. The van der Waals surface area contributed by atoms with Crippen molar-refractivity contribution in [3.05, 3.63) is 20.8 Å². The van der Waals surface area contributed by atoms with E-state index in [9.17, 15) is 9.59 Å². The van der Waals surface area contributed by atoms with Crippen LogP contribution >= 0.6 is 27.3 Å². The molecule has 0 aliphatic carbocycles. The van der Waals surface area contributed by atoms with Gasteiger partial charge in [-0.3, -0.25) is 4.79 Å². The highest BCUT2D eigenvalue weighted by Gasteiger charge is 2.20. The van der Waals surface area contributed by atoms with E-state index in [0.29, 0.717) is 6.42 Å². The first-order chi connectivity index (χ1) is 7.00. The zero-order valence-electron chi connectivity index (χ0n) is 7.99. The molecule has 0 radical (unpaired) electrons. The summed E-state index contributed by atoms with van der Waals surface area (Å²) in [6, 6.07) is 0.990. The lowest BCUT2D eigenvalue weighted by atomic mass is 10.2. The van der Waals surface area contributed by atoms with Crippen LogP contribution in [0, 0.1) is 0 Å². The molecule has 4 nitrogen and oxygen atoms in total. The number of nitrogens with one attached hydrogen (secondary N) is 1. The lowest BCUT2D eigenvalue weighted by Gasteiger charge is -2.12. The molecule has 82 valence electrons. The van der Waals surface area contributed by atoms with Gasteiger partial charge in [-0.05, 0) is 27.4 Å². The summed E-state index contributed by atoms with van der Waals surface area (Å²) in [7, 11) is 0. The molecule has 1 heterocycles. The van der Waals surface area contributed by atoms with Crippen LogP contribution in [-0.4, -0.2) is 23.0 Å². The van der Waals surface area contributed by atoms with E-state index in [-0.39, 0.29) is 5.91 Å². The highest BCUT2D eigenvalue weighted by atomic mass is 79.9. The fourth-order valence-electron chi connectivity index (χ4n) is 1.10. The van der Waals surface area contributed by atoms with E-state index in [1.54, 1.807) is 0 Å². The molecule has 0 spiro atoms. The van der Waals surface area contributed by atoms with E-state index in [4.69, 9.17) is 5.11 Å². The molecular weight excluding hydrogens is 282 g/mol. The molecule has 2 N–H and O–H groups in total. The second-order valence-electron chi connectivity index (χ2n) is 2.99. The molecule has 1 rings (SSSR count). The number of carbonyl (C=O) groups is 2.